The van der Waals surface area contributed by atoms with E-state index in [2.05, 4.69) is 11.4 Å². The Labute approximate surface area is 101 Å². The predicted molar refractivity (Wildman–Crippen MR) is 66.3 cm³/mol. The first-order valence-corrected chi connectivity index (χ1v) is 5.13. The van der Waals surface area contributed by atoms with Crippen LogP contribution in [0.3, 0.4) is 0 Å². The Balaban J connectivity index is 0.00000128. The highest BCUT2D eigenvalue weighted by atomic mass is 35.5. The maximum Gasteiger partial charge on any atom is 0.157 e. The third-order valence-electron chi connectivity index (χ3n) is 2.71. The number of hydrogen-bond donors (Lipinski definition) is 3. The molecule has 0 aliphatic carbocycles. The lowest BCUT2D eigenvalue weighted by Gasteiger charge is -2.25. The number of benzene rings is 1. The van der Waals surface area contributed by atoms with E-state index >= 15 is 0 Å². The molecule has 3 nitrogen and oxygen atoms in total. The van der Waals surface area contributed by atoms with E-state index in [1.165, 1.54) is 0 Å². The molecular formula is C12H16ClNO2. The normalized spacial score (nSPS) is 19.2. The summed E-state index contributed by atoms with van der Waals surface area (Å²) in [5.41, 5.74) is 2.15. The van der Waals surface area contributed by atoms with Crippen molar-refractivity contribution in [1.82, 2.24) is 5.32 Å². The lowest BCUT2D eigenvalue weighted by molar-refractivity contribution is 0.400. The quantitative estimate of drug-likeness (QED) is 0.522. The minimum Gasteiger partial charge on any atom is -0.504 e. The summed E-state index contributed by atoms with van der Waals surface area (Å²) in [6, 6.07) is 3.44. The highest BCUT2D eigenvalue weighted by Gasteiger charge is 2.19. The van der Waals surface area contributed by atoms with Gasteiger partial charge in [0.2, 0.25) is 0 Å². The predicted octanol–water partition coefficient (Wildman–Crippen LogP) is 2.28. The van der Waals surface area contributed by atoms with E-state index in [0.717, 1.165) is 24.1 Å². The third kappa shape index (κ3) is 2.31. The molecule has 0 bridgehead atoms. The first-order chi connectivity index (χ1) is 7.22. The largest absolute Gasteiger partial charge is 0.504 e. The van der Waals surface area contributed by atoms with Crippen LogP contribution in [0.4, 0.5) is 0 Å². The van der Waals surface area contributed by atoms with Crippen molar-refractivity contribution in [2.45, 2.75) is 19.4 Å². The van der Waals surface area contributed by atoms with E-state index in [4.69, 9.17) is 0 Å². The molecular weight excluding hydrogens is 226 g/mol. The molecule has 0 saturated heterocycles. The summed E-state index contributed by atoms with van der Waals surface area (Å²) in [5.74, 6) is -0.0816. The zero-order valence-corrected chi connectivity index (χ0v) is 9.92. The van der Waals surface area contributed by atoms with Gasteiger partial charge in [-0.15, -0.1) is 12.4 Å². The van der Waals surface area contributed by atoms with Crippen molar-refractivity contribution >= 4 is 12.4 Å². The number of allylic oxidation sites excluding steroid dienone is 1. The molecule has 1 aliphatic heterocycles. The summed E-state index contributed by atoms with van der Waals surface area (Å²) in [5, 5.41) is 22.2. The summed E-state index contributed by atoms with van der Waals surface area (Å²) in [6.45, 7) is 2.86. The second kappa shape index (κ2) is 5.23. The van der Waals surface area contributed by atoms with E-state index in [1.807, 2.05) is 13.0 Å². The number of hydrogen-bond acceptors (Lipinski definition) is 3. The van der Waals surface area contributed by atoms with Crippen LogP contribution in [0.15, 0.2) is 24.3 Å². The molecule has 0 aromatic heterocycles. The van der Waals surface area contributed by atoms with Crippen molar-refractivity contribution in [2.24, 2.45) is 0 Å². The van der Waals surface area contributed by atoms with Crippen LogP contribution >= 0.6 is 12.4 Å². The molecule has 3 N–H and O–H groups in total. The molecule has 2 rings (SSSR count). The molecule has 1 aromatic carbocycles. The molecule has 1 heterocycles. The van der Waals surface area contributed by atoms with Crippen LogP contribution in [0, 0.1) is 0 Å². The molecule has 1 aromatic rings. The van der Waals surface area contributed by atoms with Gasteiger partial charge in [-0.2, -0.15) is 0 Å². The third-order valence-corrected chi connectivity index (χ3v) is 2.71. The van der Waals surface area contributed by atoms with Gasteiger partial charge >= 0.3 is 0 Å². The first-order valence-electron chi connectivity index (χ1n) is 5.13. The Kier molecular flexibility index (Phi) is 4.21. The minimum absolute atomic E-state index is 0. The topological polar surface area (TPSA) is 52.5 Å². The van der Waals surface area contributed by atoms with Crippen LogP contribution in [0.2, 0.25) is 0 Å². The highest BCUT2D eigenvalue weighted by Crippen LogP contribution is 2.33. The van der Waals surface area contributed by atoms with Crippen LogP contribution in [-0.4, -0.2) is 16.8 Å². The average molecular weight is 242 g/mol. The summed E-state index contributed by atoms with van der Waals surface area (Å²) in [4.78, 5) is 0. The van der Waals surface area contributed by atoms with E-state index < -0.39 is 0 Å². The fourth-order valence-electron chi connectivity index (χ4n) is 1.98. The summed E-state index contributed by atoms with van der Waals surface area (Å²) in [6.07, 6.45) is 4.92. The Morgan fingerprint density at radius 2 is 2.00 bits per heavy atom. The van der Waals surface area contributed by atoms with Gasteiger partial charge in [0, 0.05) is 6.54 Å². The van der Waals surface area contributed by atoms with Crippen LogP contribution in [0.25, 0.3) is 0 Å². The minimum atomic E-state index is -0.0491. The van der Waals surface area contributed by atoms with Crippen molar-refractivity contribution in [2.75, 3.05) is 6.54 Å². The number of rotatable bonds is 1. The molecule has 4 heteroatoms. The summed E-state index contributed by atoms with van der Waals surface area (Å²) in [7, 11) is 0. The molecule has 1 unspecified atom stereocenters. The fourth-order valence-corrected chi connectivity index (χ4v) is 1.98. The van der Waals surface area contributed by atoms with E-state index in [-0.39, 0.29) is 29.9 Å². The molecule has 0 amide bonds. The Morgan fingerprint density at radius 3 is 2.69 bits per heavy atom. The second-order valence-electron chi connectivity index (χ2n) is 3.75. The summed E-state index contributed by atoms with van der Waals surface area (Å²) < 4.78 is 0. The fraction of sp³-hybridized carbons (Fsp3) is 0.333. The Morgan fingerprint density at radius 1 is 1.31 bits per heavy atom. The monoisotopic (exact) mass is 241 g/mol. The van der Waals surface area contributed by atoms with E-state index in [9.17, 15) is 10.2 Å². The summed E-state index contributed by atoms with van der Waals surface area (Å²) >= 11 is 0. The van der Waals surface area contributed by atoms with Gasteiger partial charge in [-0.25, -0.2) is 0 Å². The van der Waals surface area contributed by atoms with E-state index in [0.29, 0.717) is 0 Å². The SMILES string of the molecule is C/C=C/C1NCCc2cc(O)c(O)cc21.Cl. The number of phenols is 2. The number of phenolic OH excluding ortho intramolecular Hbond substituents is 2. The van der Waals surface area contributed by atoms with Crippen LogP contribution < -0.4 is 5.32 Å². The van der Waals surface area contributed by atoms with Crippen LogP contribution in [-0.2, 0) is 6.42 Å². The first kappa shape index (κ1) is 12.9. The van der Waals surface area contributed by atoms with Gasteiger partial charge in [0.15, 0.2) is 11.5 Å². The zero-order valence-electron chi connectivity index (χ0n) is 9.10. The van der Waals surface area contributed by atoms with Gasteiger partial charge in [-0.1, -0.05) is 12.2 Å². The van der Waals surface area contributed by atoms with Gasteiger partial charge in [0.05, 0.1) is 6.04 Å². The molecule has 16 heavy (non-hydrogen) atoms. The molecule has 1 atom stereocenters. The van der Waals surface area contributed by atoms with Crippen LogP contribution in [0.1, 0.15) is 24.1 Å². The molecule has 0 saturated carbocycles. The molecule has 88 valence electrons. The lowest BCUT2D eigenvalue weighted by atomic mass is 9.93. The van der Waals surface area contributed by atoms with Gasteiger partial charge in [-0.3, -0.25) is 0 Å². The highest BCUT2D eigenvalue weighted by molar-refractivity contribution is 5.85. The average Bonchev–Trinajstić information content (AvgIpc) is 2.21. The van der Waals surface area contributed by atoms with Crippen molar-refractivity contribution in [1.29, 1.82) is 0 Å². The smallest absolute Gasteiger partial charge is 0.157 e. The maximum absolute atomic E-state index is 9.46. The van der Waals surface area contributed by atoms with Crippen molar-refractivity contribution < 1.29 is 10.2 Å². The number of halogens is 1. The number of nitrogens with one attached hydrogen (secondary N) is 1. The number of aromatic hydroxyl groups is 2. The van der Waals surface area contributed by atoms with Gasteiger partial charge in [0.1, 0.15) is 0 Å². The molecule has 0 spiro atoms. The zero-order chi connectivity index (χ0) is 10.8. The molecule has 0 fully saturated rings. The Hall–Kier alpha value is -1.19. The second-order valence-corrected chi connectivity index (χ2v) is 3.75. The van der Waals surface area contributed by atoms with E-state index in [1.54, 1.807) is 12.1 Å². The Bertz CT molecular complexity index is 404. The standard InChI is InChI=1S/C12H15NO2.ClH/c1-2-3-10-9-7-12(15)11(14)6-8(9)4-5-13-10;/h2-3,6-7,10,13-15H,4-5H2,1H3;1H/b3-2+;. The number of fused-ring (bicyclic) bond motifs is 1. The van der Waals surface area contributed by atoms with Crippen molar-refractivity contribution in [3.63, 3.8) is 0 Å². The molecule has 1 aliphatic rings. The maximum atomic E-state index is 9.46. The lowest BCUT2D eigenvalue weighted by Crippen LogP contribution is -2.28. The van der Waals surface area contributed by atoms with Gasteiger partial charge in [0.25, 0.3) is 0 Å². The van der Waals surface area contributed by atoms with Gasteiger partial charge < -0.3 is 15.5 Å². The van der Waals surface area contributed by atoms with Crippen LogP contribution in [0.5, 0.6) is 11.5 Å². The van der Waals surface area contributed by atoms with Gasteiger partial charge in [-0.05, 0) is 36.6 Å². The van der Waals surface area contributed by atoms with Crippen molar-refractivity contribution in [3.8, 4) is 11.5 Å². The van der Waals surface area contributed by atoms with Crippen molar-refractivity contribution in [3.05, 3.63) is 35.4 Å². The molecule has 0 radical (unpaired) electrons.